The highest BCUT2D eigenvalue weighted by Gasteiger charge is 2.53. The minimum absolute atomic E-state index is 0.452. The molecule has 2 aliphatic carbocycles. The summed E-state index contributed by atoms with van der Waals surface area (Å²) in [6.07, 6.45) is 10.5. The summed E-state index contributed by atoms with van der Waals surface area (Å²) in [5, 5.41) is 21.0. The van der Waals surface area contributed by atoms with Crippen LogP contribution < -0.4 is 0 Å². The third kappa shape index (κ3) is 2.68. The zero-order valence-electron chi connectivity index (χ0n) is 12.6. The molecule has 2 fully saturated rings. The molecule has 108 valence electrons. The number of hydrogen-bond acceptors (Lipinski definition) is 2. The van der Waals surface area contributed by atoms with Gasteiger partial charge < -0.3 is 5.11 Å². The highest BCUT2D eigenvalue weighted by Crippen LogP contribution is 2.53. The Morgan fingerprint density at radius 1 is 1.05 bits per heavy atom. The van der Waals surface area contributed by atoms with Crippen LogP contribution in [0.4, 0.5) is 0 Å². The fourth-order valence-electron chi connectivity index (χ4n) is 4.41. The van der Waals surface area contributed by atoms with E-state index < -0.39 is 11.0 Å². The van der Waals surface area contributed by atoms with Crippen LogP contribution in [-0.2, 0) is 0 Å². The van der Waals surface area contributed by atoms with Crippen LogP contribution in [-0.4, -0.2) is 10.7 Å². The van der Waals surface area contributed by atoms with E-state index in [4.69, 9.17) is 0 Å². The number of hydrogen-bond donors (Lipinski definition) is 1. The van der Waals surface area contributed by atoms with Crippen LogP contribution in [0.3, 0.4) is 0 Å². The van der Waals surface area contributed by atoms with Crippen molar-refractivity contribution in [2.24, 2.45) is 17.3 Å². The molecule has 0 radical (unpaired) electrons. The lowest BCUT2D eigenvalue weighted by molar-refractivity contribution is -0.114. The molecule has 2 heteroatoms. The molecule has 0 bridgehead atoms. The molecule has 0 aromatic heterocycles. The number of nitrogens with zero attached hydrogens (tertiary/aromatic N) is 1. The van der Waals surface area contributed by atoms with Gasteiger partial charge in [0.25, 0.3) is 0 Å². The zero-order valence-corrected chi connectivity index (χ0v) is 12.6. The van der Waals surface area contributed by atoms with Crippen LogP contribution in [0.25, 0.3) is 0 Å². The average Bonchev–Trinajstić information content (AvgIpc) is 2.47. The molecule has 2 atom stereocenters. The highest BCUT2D eigenvalue weighted by atomic mass is 16.3. The first-order chi connectivity index (χ1) is 9.09. The van der Waals surface area contributed by atoms with Gasteiger partial charge in [0.15, 0.2) is 0 Å². The fourth-order valence-corrected chi connectivity index (χ4v) is 4.41. The molecule has 0 saturated heterocycles. The van der Waals surface area contributed by atoms with Gasteiger partial charge in [0.1, 0.15) is 0 Å². The van der Waals surface area contributed by atoms with Crippen molar-refractivity contribution in [1.82, 2.24) is 0 Å². The molecule has 2 saturated carbocycles. The summed E-state index contributed by atoms with van der Waals surface area (Å²) >= 11 is 0. The molecule has 1 N–H and O–H groups in total. The normalized spacial score (nSPS) is 43.7. The van der Waals surface area contributed by atoms with Gasteiger partial charge in [-0.2, -0.15) is 5.26 Å². The van der Waals surface area contributed by atoms with E-state index in [0.29, 0.717) is 5.92 Å². The summed E-state index contributed by atoms with van der Waals surface area (Å²) in [6.45, 7) is 4.45. The topological polar surface area (TPSA) is 44.0 Å². The van der Waals surface area contributed by atoms with Gasteiger partial charge in [-0.1, -0.05) is 39.5 Å². The average molecular weight is 263 g/mol. The lowest BCUT2D eigenvalue weighted by Gasteiger charge is -2.50. The quantitative estimate of drug-likeness (QED) is 0.818. The molecule has 2 unspecified atom stereocenters. The van der Waals surface area contributed by atoms with Crippen LogP contribution >= 0.6 is 0 Å². The Morgan fingerprint density at radius 2 is 1.68 bits per heavy atom. The second-order valence-electron chi connectivity index (χ2n) is 6.95. The van der Waals surface area contributed by atoms with Crippen molar-refractivity contribution in [2.45, 2.75) is 83.7 Å². The van der Waals surface area contributed by atoms with Crippen LogP contribution in [0.15, 0.2) is 0 Å². The summed E-state index contributed by atoms with van der Waals surface area (Å²) in [5.74, 6) is 1.39. The van der Waals surface area contributed by atoms with E-state index in [1.54, 1.807) is 0 Å². The number of nitriles is 1. The second kappa shape index (κ2) is 5.83. The maximum atomic E-state index is 11.2. The number of aliphatic hydroxyl groups is 1. The highest BCUT2D eigenvalue weighted by molar-refractivity contribution is 5.14. The molecular weight excluding hydrogens is 234 g/mol. The predicted molar refractivity (Wildman–Crippen MR) is 77.5 cm³/mol. The molecule has 0 aromatic carbocycles. The minimum atomic E-state index is -0.709. The first kappa shape index (κ1) is 14.9. The van der Waals surface area contributed by atoms with Gasteiger partial charge in [0, 0.05) is 0 Å². The van der Waals surface area contributed by atoms with Crippen LogP contribution in [0, 0.1) is 28.6 Å². The van der Waals surface area contributed by atoms with Crippen molar-refractivity contribution in [3.63, 3.8) is 0 Å². The van der Waals surface area contributed by atoms with Crippen molar-refractivity contribution < 1.29 is 5.11 Å². The van der Waals surface area contributed by atoms with Gasteiger partial charge in [-0.05, 0) is 50.4 Å². The lowest BCUT2D eigenvalue weighted by atomic mass is 9.56. The van der Waals surface area contributed by atoms with E-state index in [-0.39, 0.29) is 0 Å². The summed E-state index contributed by atoms with van der Waals surface area (Å²) in [5.41, 5.74) is -1.16. The van der Waals surface area contributed by atoms with Gasteiger partial charge in [-0.3, -0.25) is 0 Å². The Bertz CT molecular complexity index is 338. The van der Waals surface area contributed by atoms with Crippen molar-refractivity contribution in [2.75, 3.05) is 0 Å². The zero-order chi connectivity index (χ0) is 13.9. The Hall–Kier alpha value is -0.550. The van der Waals surface area contributed by atoms with Crippen LogP contribution in [0.1, 0.15) is 78.1 Å². The first-order valence-electron chi connectivity index (χ1n) is 8.23. The van der Waals surface area contributed by atoms with E-state index in [9.17, 15) is 10.4 Å². The molecular formula is C17H29NO. The molecule has 0 amide bonds. The minimum Gasteiger partial charge on any atom is -0.388 e. The standard InChI is InChI=1S/C17H29NO/c1-3-14-7-10-16(13-18,11-8-14)17(19)9-5-6-15(4-2)12-17/h14-15,19H,3-12H2,1-2H3. The third-order valence-electron chi connectivity index (χ3n) is 6.05. The maximum absolute atomic E-state index is 11.2. The lowest BCUT2D eigenvalue weighted by Crippen LogP contribution is -2.52. The van der Waals surface area contributed by atoms with Crippen molar-refractivity contribution in [1.29, 1.82) is 5.26 Å². The van der Waals surface area contributed by atoms with Crippen LogP contribution in [0.2, 0.25) is 0 Å². The smallest absolute Gasteiger partial charge is 0.0860 e. The summed E-state index contributed by atoms with van der Waals surface area (Å²) < 4.78 is 0. The molecule has 0 aliphatic heterocycles. The van der Waals surface area contributed by atoms with E-state index in [1.807, 2.05) is 0 Å². The summed E-state index contributed by atoms with van der Waals surface area (Å²) in [6, 6.07) is 2.57. The Labute approximate surface area is 118 Å². The van der Waals surface area contributed by atoms with E-state index in [1.165, 1.54) is 12.8 Å². The Balaban J connectivity index is 2.14. The Kier molecular flexibility index (Phi) is 4.56. The fraction of sp³-hybridized carbons (Fsp3) is 0.941. The predicted octanol–water partition coefficient (Wildman–Crippen LogP) is 4.43. The molecule has 2 nitrogen and oxygen atoms in total. The second-order valence-corrected chi connectivity index (χ2v) is 6.95. The van der Waals surface area contributed by atoms with E-state index >= 15 is 0 Å². The third-order valence-corrected chi connectivity index (χ3v) is 6.05. The Morgan fingerprint density at radius 3 is 2.21 bits per heavy atom. The van der Waals surface area contributed by atoms with Gasteiger partial charge in [0.05, 0.1) is 17.1 Å². The van der Waals surface area contributed by atoms with Crippen molar-refractivity contribution >= 4 is 0 Å². The molecule has 2 aliphatic rings. The molecule has 19 heavy (non-hydrogen) atoms. The van der Waals surface area contributed by atoms with E-state index in [2.05, 4.69) is 19.9 Å². The largest absolute Gasteiger partial charge is 0.388 e. The monoisotopic (exact) mass is 263 g/mol. The van der Waals surface area contributed by atoms with Gasteiger partial charge in [-0.15, -0.1) is 0 Å². The summed E-state index contributed by atoms with van der Waals surface area (Å²) in [4.78, 5) is 0. The molecule has 0 heterocycles. The number of rotatable bonds is 3. The molecule has 0 aromatic rings. The van der Waals surface area contributed by atoms with Gasteiger partial charge in [0.2, 0.25) is 0 Å². The van der Waals surface area contributed by atoms with Gasteiger partial charge >= 0.3 is 0 Å². The molecule has 0 spiro atoms. The van der Waals surface area contributed by atoms with Crippen molar-refractivity contribution in [3.8, 4) is 6.07 Å². The van der Waals surface area contributed by atoms with Gasteiger partial charge in [-0.25, -0.2) is 0 Å². The van der Waals surface area contributed by atoms with Crippen molar-refractivity contribution in [3.05, 3.63) is 0 Å². The van der Waals surface area contributed by atoms with Crippen LogP contribution in [0.5, 0.6) is 0 Å². The SMILES string of the molecule is CCC1CCC(C#N)(C2(O)CCCC(CC)C2)CC1. The molecule has 2 rings (SSSR count). The maximum Gasteiger partial charge on any atom is 0.0860 e. The summed E-state index contributed by atoms with van der Waals surface area (Å²) in [7, 11) is 0. The first-order valence-corrected chi connectivity index (χ1v) is 8.23. The van der Waals surface area contributed by atoms with E-state index in [0.717, 1.165) is 57.3 Å².